The summed E-state index contributed by atoms with van der Waals surface area (Å²) in [5, 5.41) is 78.3. The average molecular weight is 366 g/mol. The van der Waals surface area contributed by atoms with Gasteiger partial charge in [0, 0.05) is 0 Å². The quantitative estimate of drug-likeness (QED) is 0.232. The molecule has 0 saturated carbocycles. The summed E-state index contributed by atoms with van der Waals surface area (Å²) in [6.07, 6.45) is -13.7. The number of ether oxygens (including phenoxy) is 2. The van der Waals surface area contributed by atoms with Gasteiger partial charge >= 0.3 is 0 Å². The molecule has 3 fully saturated rings. The number of piperidine rings is 1. The van der Waals surface area contributed by atoms with Crippen molar-refractivity contribution in [1.82, 2.24) is 4.90 Å². The van der Waals surface area contributed by atoms with Crippen LogP contribution in [0, 0.1) is 0 Å². The molecule has 0 amide bonds. The highest BCUT2D eigenvalue weighted by atomic mass is 16.6. The number of aliphatic imine (C=N–C) groups is 1. The van der Waals surface area contributed by atoms with Crippen molar-refractivity contribution in [3.63, 3.8) is 0 Å². The normalized spacial score (nSPS) is 52.2. The maximum absolute atomic E-state index is 10.1. The molecule has 144 valence electrons. The molecule has 0 bridgehead atoms. The van der Waals surface area contributed by atoms with E-state index in [2.05, 4.69) is 4.99 Å². The molecule has 0 aromatic heterocycles. The van der Waals surface area contributed by atoms with Crippen LogP contribution >= 0.6 is 0 Å². The number of aliphatic hydroxyl groups excluding tert-OH is 8. The van der Waals surface area contributed by atoms with E-state index in [1.807, 2.05) is 0 Å². The highest BCUT2D eigenvalue weighted by molar-refractivity contribution is 5.77. The zero-order valence-electron chi connectivity index (χ0n) is 13.0. The monoisotopic (exact) mass is 366 g/mol. The van der Waals surface area contributed by atoms with Crippen molar-refractivity contribution < 1.29 is 50.3 Å². The maximum Gasteiger partial charge on any atom is 0.292 e. The Bertz CT molecular complexity index is 519. The molecule has 0 unspecified atom stereocenters. The molecule has 3 aliphatic rings. The summed E-state index contributed by atoms with van der Waals surface area (Å²) in [6, 6.07) is -1.18. The summed E-state index contributed by atoms with van der Waals surface area (Å²) in [5.41, 5.74) is 0. The fourth-order valence-electron chi connectivity index (χ4n) is 3.20. The van der Waals surface area contributed by atoms with Crippen molar-refractivity contribution in [2.75, 3.05) is 13.2 Å². The number of fused-ring (bicyclic) bond motifs is 1. The Labute approximate surface area is 141 Å². The first-order valence-corrected chi connectivity index (χ1v) is 7.79. The van der Waals surface area contributed by atoms with Gasteiger partial charge in [-0.15, -0.1) is 0 Å². The second-order valence-electron chi connectivity index (χ2n) is 6.30. The van der Waals surface area contributed by atoms with E-state index in [-0.39, 0.29) is 12.6 Å². The van der Waals surface area contributed by atoms with Crippen molar-refractivity contribution in [3.05, 3.63) is 0 Å². The fourth-order valence-corrected chi connectivity index (χ4v) is 3.20. The number of amidine groups is 1. The van der Waals surface area contributed by atoms with Crippen LogP contribution in [-0.4, -0.2) is 126 Å². The van der Waals surface area contributed by atoms with Crippen LogP contribution in [0.25, 0.3) is 0 Å². The number of hydrogen-bond donors (Lipinski definition) is 8. The summed E-state index contributed by atoms with van der Waals surface area (Å²) >= 11 is 0. The zero-order valence-corrected chi connectivity index (χ0v) is 13.0. The van der Waals surface area contributed by atoms with E-state index in [4.69, 9.17) is 9.47 Å². The first-order valence-electron chi connectivity index (χ1n) is 7.79. The molecule has 0 radical (unpaired) electrons. The van der Waals surface area contributed by atoms with Crippen LogP contribution in [0.1, 0.15) is 0 Å². The highest BCUT2D eigenvalue weighted by Crippen LogP contribution is 2.30. The van der Waals surface area contributed by atoms with E-state index < -0.39 is 67.8 Å². The Balaban J connectivity index is 1.84. The van der Waals surface area contributed by atoms with Gasteiger partial charge in [0.05, 0.1) is 12.6 Å². The second kappa shape index (κ2) is 6.90. The Morgan fingerprint density at radius 3 is 2.16 bits per heavy atom. The van der Waals surface area contributed by atoms with E-state index in [0.717, 1.165) is 4.90 Å². The van der Waals surface area contributed by atoms with Crippen molar-refractivity contribution in [1.29, 1.82) is 0 Å². The summed E-state index contributed by atoms with van der Waals surface area (Å²) in [6.45, 7) is -0.788. The Kier molecular flexibility index (Phi) is 5.16. The molecular formula is C13H22N2O10. The predicted octanol–water partition coefficient (Wildman–Crippen LogP) is -5.74. The van der Waals surface area contributed by atoms with Crippen LogP contribution in [-0.2, 0) is 9.47 Å². The van der Waals surface area contributed by atoms with Gasteiger partial charge in [-0.2, -0.15) is 0 Å². The molecule has 0 aromatic carbocycles. The van der Waals surface area contributed by atoms with Crippen LogP contribution in [0.15, 0.2) is 4.99 Å². The third-order valence-corrected chi connectivity index (χ3v) is 4.75. The van der Waals surface area contributed by atoms with Gasteiger partial charge < -0.3 is 50.3 Å². The third kappa shape index (κ3) is 2.99. The van der Waals surface area contributed by atoms with E-state index >= 15 is 0 Å². The Morgan fingerprint density at radius 2 is 1.52 bits per heavy atom. The van der Waals surface area contributed by atoms with Crippen molar-refractivity contribution in [2.24, 2.45) is 4.99 Å². The van der Waals surface area contributed by atoms with Gasteiger partial charge in [-0.05, 0) is 0 Å². The molecule has 3 saturated heterocycles. The molecule has 12 heteroatoms. The number of hydrogen-bond acceptors (Lipinski definition) is 11. The van der Waals surface area contributed by atoms with Crippen molar-refractivity contribution in [2.45, 2.75) is 61.2 Å². The van der Waals surface area contributed by atoms with Gasteiger partial charge in [0.15, 0.2) is 12.5 Å². The minimum Gasteiger partial charge on any atom is -0.463 e. The predicted molar refractivity (Wildman–Crippen MR) is 76.8 cm³/mol. The van der Waals surface area contributed by atoms with Crippen LogP contribution in [0.4, 0.5) is 0 Å². The smallest absolute Gasteiger partial charge is 0.292 e. The minimum absolute atomic E-state index is 0.155. The van der Waals surface area contributed by atoms with Gasteiger partial charge in [-0.25, -0.2) is 4.99 Å². The first kappa shape index (κ1) is 18.7. The molecule has 10 atom stereocenters. The van der Waals surface area contributed by atoms with Gasteiger partial charge in [0.25, 0.3) is 6.02 Å². The van der Waals surface area contributed by atoms with Crippen LogP contribution in [0.5, 0.6) is 0 Å². The molecule has 0 aromatic rings. The van der Waals surface area contributed by atoms with Crippen molar-refractivity contribution in [3.8, 4) is 0 Å². The van der Waals surface area contributed by atoms with Gasteiger partial charge in [-0.3, -0.25) is 4.90 Å². The van der Waals surface area contributed by atoms with Crippen LogP contribution < -0.4 is 0 Å². The largest absolute Gasteiger partial charge is 0.463 e. The van der Waals surface area contributed by atoms with E-state index in [0.29, 0.717) is 0 Å². The Hall–Kier alpha value is -1.09. The molecular weight excluding hydrogens is 344 g/mol. The lowest BCUT2D eigenvalue weighted by atomic mass is 9.94. The van der Waals surface area contributed by atoms with Gasteiger partial charge in [-0.1, -0.05) is 0 Å². The molecule has 8 N–H and O–H groups in total. The third-order valence-electron chi connectivity index (χ3n) is 4.75. The molecule has 3 heterocycles. The molecule has 0 aliphatic carbocycles. The summed E-state index contributed by atoms with van der Waals surface area (Å²) in [7, 11) is 0. The summed E-state index contributed by atoms with van der Waals surface area (Å²) in [5.74, 6) is 0. The molecule has 25 heavy (non-hydrogen) atoms. The summed E-state index contributed by atoms with van der Waals surface area (Å²) in [4.78, 5) is 4.96. The fraction of sp³-hybridized carbons (Fsp3) is 0.923. The molecule has 0 spiro atoms. The maximum atomic E-state index is 10.1. The standard InChI is InChI=1S/C13H22N2O10/c16-1-4-6(18)8(20)9(21)11(25-4)14-13-15-3(2-24-13)5(17)7(19)10(22)12(15)23/h3-12,16-23H,1-2H2/b14-13+/t3-,4-,5-,6-,7-,8+,9-,10-,11-,12-/m1/s1. The minimum atomic E-state index is -1.69. The number of aliphatic hydroxyl groups is 8. The molecule has 12 nitrogen and oxygen atoms in total. The average Bonchev–Trinajstić information content (AvgIpc) is 3.02. The lowest BCUT2D eigenvalue weighted by molar-refractivity contribution is -0.227. The number of nitrogens with zero attached hydrogens (tertiary/aromatic N) is 2. The van der Waals surface area contributed by atoms with Gasteiger partial charge in [0.1, 0.15) is 49.3 Å². The molecule has 3 aliphatic heterocycles. The first-order chi connectivity index (χ1) is 11.8. The van der Waals surface area contributed by atoms with Crippen LogP contribution in [0.3, 0.4) is 0 Å². The zero-order chi connectivity index (χ0) is 18.5. The van der Waals surface area contributed by atoms with Crippen LogP contribution in [0.2, 0.25) is 0 Å². The lowest BCUT2D eigenvalue weighted by Gasteiger charge is -2.43. The lowest BCUT2D eigenvalue weighted by Crippen LogP contribution is -2.66. The number of rotatable bonds is 2. The highest BCUT2D eigenvalue weighted by Gasteiger charge is 2.53. The second-order valence-corrected chi connectivity index (χ2v) is 6.30. The molecule has 3 rings (SSSR count). The van der Waals surface area contributed by atoms with E-state index in [1.54, 1.807) is 0 Å². The Morgan fingerprint density at radius 1 is 0.880 bits per heavy atom. The summed E-state index contributed by atoms with van der Waals surface area (Å²) < 4.78 is 10.5. The SMILES string of the molecule is OC[C@H]1O[C@@H](/N=C2/OC[C@@H]3[C@@H](O)[C@@H](O)[C@@H](O)[C@@H](O)N23)[C@H](O)[C@@H](O)[C@@H]1O. The van der Waals surface area contributed by atoms with Crippen molar-refractivity contribution >= 4 is 6.02 Å². The van der Waals surface area contributed by atoms with Gasteiger partial charge in [0.2, 0.25) is 0 Å². The van der Waals surface area contributed by atoms with E-state index in [9.17, 15) is 40.9 Å². The topological polar surface area (TPSA) is 196 Å². The van der Waals surface area contributed by atoms with E-state index in [1.165, 1.54) is 0 Å².